The topological polar surface area (TPSA) is 56.7 Å². The molecule has 0 spiro atoms. The maximum atomic E-state index is 5.61. The molecule has 1 aliphatic rings. The molecule has 1 saturated carbocycles. The Morgan fingerprint density at radius 2 is 2.08 bits per heavy atom. The summed E-state index contributed by atoms with van der Waals surface area (Å²) in [7, 11) is 0. The van der Waals surface area contributed by atoms with Crippen LogP contribution in [0.1, 0.15) is 37.4 Å². The Bertz CT molecular complexity index is 273. The van der Waals surface area contributed by atoms with E-state index in [-0.39, 0.29) is 0 Å². The first-order valence-corrected chi connectivity index (χ1v) is 4.46. The van der Waals surface area contributed by atoms with E-state index in [1.807, 2.05) is 11.6 Å². The Kier molecular flexibility index (Phi) is 1.75. The van der Waals surface area contributed by atoms with Gasteiger partial charge in [-0.05, 0) is 19.8 Å². The molecule has 0 aromatic carbocycles. The van der Waals surface area contributed by atoms with Crippen molar-refractivity contribution < 1.29 is 0 Å². The van der Waals surface area contributed by atoms with E-state index in [2.05, 4.69) is 10.3 Å². The number of anilines is 1. The van der Waals surface area contributed by atoms with Crippen molar-refractivity contribution in [2.24, 2.45) is 0 Å². The molecule has 1 aliphatic carbocycles. The lowest BCUT2D eigenvalue weighted by atomic mass is 10.2. The molecule has 0 radical (unpaired) electrons. The zero-order chi connectivity index (χ0) is 8.55. The molecule has 4 heteroatoms. The third-order valence-electron chi connectivity index (χ3n) is 2.63. The molecular formula is C8H14N4. The lowest BCUT2D eigenvalue weighted by Gasteiger charge is -2.09. The summed E-state index contributed by atoms with van der Waals surface area (Å²) >= 11 is 0. The number of hydrogen-bond acceptors (Lipinski definition) is 3. The molecule has 66 valence electrons. The van der Waals surface area contributed by atoms with Gasteiger partial charge in [0.25, 0.3) is 0 Å². The zero-order valence-corrected chi connectivity index (χ0v) is 7.32. The molecule has 1 aromatic rings. The van der Waals surface area contributed by atoms with Gasteiger partial charge >= 0.3 is 0 Å². The predicted octanol–water partition coefficient (Wildman–Crippen LogP) is 1.28. The van der Waals surface area contributed by atoms with Gasteiger partial charge in [0.2, 0.25) is 0 Å². The first kappa shape index (κ1) is 7.58. The molecule has 0 atom stereocenters. The second kappa shape index (κ2) is 2.77. The van der Waals surface area contributed by atoms with Gasteiger partial charge in [0.1, 0.15) is 0 Å². The van der Waals surface area contributed by atoms with Crippen LogP contribution in [-0.4, -0.2) is 15.0 Å². The summed E-state index contributed by atoms with van der Waals surface area (Å²) in [6, 6.07) is 0.551. The standard InChI is InChI=1S/C8H14N4/c1-6-8(9)10-11-12(6)7-4-2-3-5-7/h7H,2-5,9H2,1H3. The molecule has 1 aromatic heterocycles. The zero-order valence-electron chi connectivity index (χ0n) is 7.32. The van der Waals surface area contributed by atoms with Crippen LogP contribution in [0.25, 0.3) is 0 Å². The van der Waals surface area contributed by atoms with E-state index in [0.717, 1.165) is 5.69 Å². The van der Waals surface area contributed by atoms with Gasteiger partial charge in [-0.25, -0.2) is 4.68 Å². The average Bonchev–Trinajstić information content (AvgIpc) is 2.64. The third-order valence-corrected chi connectivity index (χ3v) is 2.63. The van der Waals surface area contributed by atoms with Gasteiger partial charge in [-0.3, -0.25) is 0 Å². The Morgan fingerprint density at radius 1 is 1.42 bits per heavy atom. The molecule has 0 saturated heterocycles. The highest BCUT2D eigenvalue weighted by Gasteiger charge is 2.20. The second-order valence-corrected chi connectivity index (χ2v) is 3.44. The minimum Gasteiger partial charge on any atom is -0.381 e. The van der Waals surface area contributed by atoms with Gasteiger partial charge in [-0.1, -0.05) is 18.1 Å². The third kappa shape index (κ3) is 1.07. The van der Waals surface area contributed by atoms with Crippen LogP contribution in [0.15, 0.2) is 0 Å². The first-order valence-electron chi connectivity index (χ1n) is 4.46. The molecule has 2 rings (SSSR count). The van der Waals surface area contributed by atoms with Crippen LogP contribution in [0.2, 0.25) is 0 Å². The van der Waals surface area contributed by atoms with Crippen molar-refractivity contribution in [2.45, 2.75) is 38.6 Å². The van der Waals surface area contributed by atoms with Crippen molar-refractivity contribution in [3.63, 3.8) is 0 Å². The van der Waals surface area contributed by atoms with E-state index in [9.17, 15) is 0 Å². The summed E-state index contributed by atoms with van der Waals surface area (Å²) in [5.41, 5.74) is 6.63. The summed E-state index contributed by atoms with van der Waals surface area (Å²) in [6.07, 6.45) is 5.07. The lowest BCUT2D eigenvalue weighted by Crippen LogP contribution is -2.08. The van der Waals surface area contributed by atoms with E-state index >= 15 is 0 Å². The van der Waals surface area contributed by atoms with Crippen molar-refractivity contribution in [3.05, 3.63) is 5.69 Å². The fraction of sp³-hybridized carbons (Fsp3) is 0.750. The normalized spacial score (nSPS) is 18.8. The second-order valence-electron chi connectivity index (χ2n) is 3.44. The molecule has 12 heavy (non-hydrogen) atoms. The Labute approximate surface area is 71.8 Å². The van der Waals surface area contributed by atoms with E-state index < -0.39 is 0 Å². The van der Waals surface area contributed by atoms with Crippen molar-refractivity contribution in [1.29, 1.82) is 0 Å². The molecule has 1 heterocycles. The minimum absolute atomic E-state index is 0.551. The minimum atomic E-state index is 0.551. The Hall–Kier alpha value is -1.06. The maximum absolute atomic E-state index is 5.61. The van der Waals surface area contributed by atoms with Crippen LogP contribution >= 0.6 is 0 Å². The molecular weight excluding hydrogens is 152 g/mol. The number of hydrogen-bond donors (Lipinski definition) is 1. The average molecular weight is 166 g/mol. The number of nitrogens with zero attached hydrogens (tertiary/aromatic N) is 3. The van der Waals surface area contributed by atoms with E-state index in [1.165, 1.54) is 25.7 Å². The highest BCUT2D eigenvalue weighted by atomic mass is 15.5. The van der Waals surface area contributed by atoms with Gasteiger partial charge < -0.3 is 5.73 Å². The SMILES string of the molecule is Cc1c(N)nnn1C1CCCC1. The quantitative estimate of drug-likeness (QED) is 0.683. The van der Waals surface area contributed by atoms with Gasteiger partial charge in [0, 0.05) is 0 Å². The lowest BCUT2D eigenvalue weighted by molar-refractivity contribution is 0.444. The number of rotatable bonds is 1. The van der Waals surface area contributed by atoms with Crippen molar-refractivity contribution >= 4 is 5.82 Å². The Morgan fingerprint density at radius 3 is 2.58 bits per heavy atom. The summed E-state index contributed by atoms with van der Waals surface area (Å²) in [4.78, 5) is 0. The molecule has 0 unspecified atom stereocenters. The fourth-order valence-corrected chi connectivity index (χ4v) is 1.85. The molecule has 0 aliphatic heterocycles. The molecule has 0 amide bonds. The van der Waals surface area contributed by atoms with E-state index in [4.69, 9.17) is 5.73 Å². The monoisotopic (exact) mass is 166 g/mol. The van der Waals surface area contributed by atoms with E-state index in [0.29, 0.717) is 11.9 Å². The summed E-state index contributed by atoms with van der Waals surface area (Å²) < 4.78 is 1.97. The number of nitrogens with two attached hydrogens (primary N) is 1. The largest absolute Gasteiger partial charge is 0.381 e. The molecule has 2 N–H and O–H groups in total. The summed E-state index contributed by atoms with van der Waals surface area (Å²) in [6.45, 7) is 1.98. The maximum Gasteiger partial charge on any atom is 0.168 e. The van der Waals surface area contributed by atoms with Crippen LogP contribution in [-0.2, 0) is 0 Å². The van der Waals surface area contributed by atoms with Crippen LogP contribution in [0.5, 0.6) is 0 Å². The fourth-order valence-electron chi connectivity index (χ4n) is 1.85. The van der Waals surface area contributed by atoms with Crippen molar-refractivity contribution in [1.82, 2.24) is 15.0 Å². The van der Waals surface area contributed by atoms with Crippen LogP contribution in [0.4, 0.5) is 5.82 Å². The molecule has 1 fully saturated rings. The number of aromatic nitrogens is 3. The number of nitrogen functional groups attached to an aromatic ring is 1. The van der Waals surface area contributed by atoms with E-state index in [1.54, 1.807) is 0 Å². The van der Waals surface area contributed by atoms with Crippen LogP contribution < -0.4 is 5.73 Å². The van der Waals surface area contributed by atoms with Gasteiger partial charge in [-0.2, -0.15) is 0 Å². The van der Waals surface area contributed by atoms with Crippen molar-refractivity contribution in [3.8, 4) is 0 Å². The smallest absolute Gasteiger partial charge is 0.168 e. The highest BCUT2D eigenvalue weighted by molar-refractivity contribution is 5.31. The van der Waals surface area contributed by atoms with Crippen molar-refractivity contribution in [2.75, 3.05) is 5.73 Å². The Balaban J connectivity index is 2.26. The highest BCUT2D eigenvalue weighted by Crippen LogP contribution is 2.30. The van der Waals surface area contributed by atoms with Gasteiger partial charge in [0.15, 0.2) is 5.82 Å². The van der Waals surface area contributed by atoms with Crippen LogP contribution in [0.3, 0.4) is 0 Å². The van der Waals surface area contributed by atoms with Gasteiger partial charge in [-0.15, -0.1) is 5.10 Å². The molecule has 4 nitrogen and oxygen atoms in total. The van der Waals surface area contributed by atoms with Gasteiger partial charge in [0.05, 0.1) is 11.7 Å². The first-order chi connectivity index (χ1) is 5.79. The molecule has 0 bridgehead atoms. The predicted molar refractivity (Wildman–Crippen MR) is 46.7 cm³/mol. The summed E-state index contributed by atoms with van der Waals surface area (Å²) in [5.74, 6) is 0.571. The summed E-state index contributed by atoms with van der Waals surface area (Å²) in [5, 5.41) is 7.89. The van der Waals surface area contributed by atoms with Crippen LogP contribution in [0, 0.1) is 6.92 Å².